The van der Waals surface area contributed by atoms with Crippen LogP contribution >= 0.6 is 0 Å². The zero-order chi connectivity index (χ0) is 9.97. The minimum atomic E-state index is -0.638. The first-order valence-electron chi connectivity index (χ1n) is 4.93. The molecule has 0 fully saturated rings. The molecule has 0 unspecified atom stereocenters. The molecule has 3 nitrogen and oxygen atoms in total. The molecule has 0 bridgehead atoms. The molecular formula is C11H15NO2. The highest BCUT2D eigenvalue weighted by Crippen LogP contribution is 2.27. The predicted molar refractivity (Wildman–Crippen MR) is 55.5 cm³/mol. The van der Waals surface area contributed by atoms with Gasteiger partial charge in [0.1, 0.15) is 0 Å². The molecule has 1 aromatic carbocycles. The van der Waals surface area contributed by atoms with Crippen LogP contribution in [0.4, 0.5) is 5.69 Å². The summed E-state index contributed by atoms with van der Waals surface area (Å²) in [5.74, 6) is 0. The maximum absolute atomic E-state index is 9.35. The fourth-order valence-electron chi connectivity index (χ4n) is 1.91. The number of nitrogens with zero attached hydrogens (tertiary/aromatic N) is 1. The minimum absolute atomic E-state index is 0.168. The SMILES string of the molecule is OC[C@@H](O)CN1CCc2ccccc21. The number of hydrogen-bond donors (Lipinski definition) is 2. The summed E-state index contributed by atoms with van der Waals surface area (Å²) in [4.78, 5) is 2.12. The van der Waals surface area contributed by atoms with Gasteiger partial charge in [-0.25, -0.2) is 0 Å². The molecule has 1 aliphatic rings. The smallest absolute Gasteiger partial charge is 0.0945 e. The normalized spacial score (nSPS) is 16.9. The van der Waals surface area contributed by atoms with Crippen molar-refractivity contribution in [3.05, 3.63) is 29.8 Å². The summed E-state index contributed by atoms with van der Waals surface area (Å²) >= 11 is 0. The van der Waals surface area contributed by atoms with Crippen LogP contribution in [0.2, 0.25) is 0 Å². The van der Waals surface area contributed by atoms with Crippen molar-refractivity contribution in [3.63, 3.8) is 0 Å². The molecule has 0 amide bonds. The Morgan fingerprint density at radius 1 is 1.36 bits per heavy atom. The Hall–Kier alpha value is -1.06. The van der Waals surface area contributed by atoms with E-state index in [0.717, 1.165) is 13.0 Å². The average Bonchev–Trinajstić information content (AvgIpc) is 2.62. The Bertz CT molecular complexity index is 314. The van der Waals surface area contributed by atoms with E-state index in [1.807, 2.05) is 12.1 Å². The van der Waals surface area contributed by atoms with Crippen LogP contribution in [0.1, 0.15) is 5.56 Å². The van der Waals surface area contributed by atoms with Gasteiger partial charge in [0.15, 0.2) is 0 Å². The molecule has 1 atom stereocenters. The lowest BCUT2D eigenvalue weighted by molar-refractivity contribution is 0.100. The molecule has 76 valence electrons. The average molecular weight is 193 g/mol. The predicted octanol–water partition coefficient (Wildman–Crippen LogP) is 0.402. The van der Waals surface area contributed by atoms with E-state index in [-0.39, 0.29) is 6.61 Å². The number of β-amino-alcohol motifs (C(OH)–C–C–N with tert-alkyl or cyclic N) is 1. The molecule has 2 rings (SSSR count). The summed E-state index contributed by atoms with van der Waals surface area (Å²) in [6.45, 7) is 1.29. The molecule has 14 heavy (non-hydrogen) atoms. The Morgan fingerprint density at radius 2 is 2.14 bits per heavy atom. The molecule has 0 radical (unpaired) electrons. The molecule has 1 aromatic rings. The Morgan fingerprint density at radius 3 is 2.93 bits per heavy atom. The number of anilines is 1. The number of benzene rings is 1. The van der Waals surface area contributed by atoms with Gasteiger partial charge in [0, 0.05) is 18.8 Å². The molecule has 2 N–H and O–H groups in total. The Labute approximate surface area is 83.6 Å². The van der Waals surface area contributed by atoms with Crippen LogP contribution in [-0.4, -0.2) is 36.0 Å². The van der Waals surface area contributed by atoms with Gasteiger partial charge in [-0.3, -0.25) is 0 Å². The lowest BCUT2D eigenvalue weighted by Crippen LogP contribution is -2.32. The minimum Gasteiger partial charge on any atom is -0.394 e. The maximum atomic E-state index is 9.35. The van der Waals surface area contributed by atoms with Gasteiger partial charge in [-0.15, -0.1) is 0 Å². The summed E-state index contributed by atoms with van der Waals surface area (Å²) in [6.07, 6.45) is 0.398. The standard InChI is InChI=1S/C11H15NO2/c13-8-10(14)7-12-6-5-9-3-1-2-4-11(9)12/h1-4,10,13-14H,5-8H2/t10-/m0/s1. The molecule has 3 heteroatoms. The van der Waals surface area contributed by atoms with Crippen molar-refractivity contribution in [2.24, 2.45) is 0 Å². The largest absolute Gasteiger partial charge is 0.394 e. The van der Waals surface area contributed by atoms with E-state index in [2.05, 4.69) is 17.0 Å². The second kappa shape index (κ2) is 3.98. The van der Waals surface area contributed by atoms with Gasteiger partial charge in [0.25, 0.3) is 0 Å². The maximum Gasteiger partial charge on any atom is 0.0945 e. The molecule has 0 aromatic heterocycles. The third kappa shape index (κ3) is 1.74. The summed E-state index contributed by atoms with van der Waals surface area (Å²) in [6, 6.07) is 8.21. The third-order valence-corrected chi connectivity index (χ3v) is 2.63. The first kappa shape index (κ1) is 9.49. The van der Waals surface area contributed by atoms with Gasteiger partial charge in [0.2, 0.25) is 0 Å². The zero-order valence-corrected chi connectivity index (χ0v) is 8.06. The highest BCUT2D eigenvalue weighted by Gasteiger charge is 2.19. The van der Waals surface area contributed by atoms with Crippen LogP contribution in [0.15, 0.2) is 24.3 Å². The second-order valence-electron chi connectivity index (χ2n) is 3.66. The monoisotopic (exact) mass is 193 g/mol. The summed E-state index contributed by atoms with van der Waals surface area (Å²) in [5, 5.41) is 18.1. The van der Waals surface area contributed by atoms with Gasteiger partial charge in [-0.05, 0) is 18.1 Å². The van der Waals surface area contributed by atoms with Gasteiger partial charge in [0.05, 0.1) is 12.7 Å². The number of fused-ring (bicyclic) bond motifs is 1. The molecular weight excluding hydrogens is 178 g/mol. The lowest BCUT2D eigenvalue weighted by Gasteiger charge is -2.21. The van der Waals surface area contributed by atoms with Gasteiger partial charge >= 0.3 is 0 Å². The van der Waals surface area contributed by atoms with Crippen molar-refractivity contribution in [2.45, 2.75) is 12.5 Å². The molecule has 0 spiro atoms. The van der Waals surface area contributed by atoms with Crippen molar-refractivity contribution in [3.8, 4) is 0 Å². The van der Waals surface area contributed by atoms with E-state index in [0.29, 0.717) is 6.54 Å². The van der Waals surface area contributed by atoms with Crippen LogP contribution in [0.25, 0.3) is 0 Å². The number of aliphatic hydroxyl groups is 2. The summed E-state index contributed by atoms with van der Waals surface area (Å²) in [5.41, 5.74) is 2.53. The van der Waals surface area contributed by atoms with Crippen LogP contribution in [-0.2, 0) is 6.42 Å². The van der Waals surface area contributed by atoms with Gasteiger partial charge in [-0.1, -0.05) is 18.2 Å². The van der Waals surface area contributed by atoms with Crippen LogP contribution in [0, 0.1) is 0 Å². The molecule has 0 saturated carbocycles. The van der Waals surface area contributed by atoms with Gasteiger partial charge < -0.3 is 15.1 Å². The van der Waals surface area contributed by atoms with Crippen molar-refractivity contribution in [2.75, 3.05) is 24.6 Å². The molecule has 1 aliphatic heterocycles. The molecule has 0 saturated heterocycles. The topological polar surface area (TPSA) is 43.7 Å². The lowest BCUT2D eigenvalue weighted by atomic mass is 10.2. The van der Waals surface area contributed by atoms with Crippen molar-refractivity contribution < 1.29 is 10.2 Å². The highest BCUT2D eigenvalue weighted by atomic mass is 16.3. The summed E-state index contributed by atoms with van der Waals surface area (Å²) in [7, 11) is 0. The second-order valence-corrected chi connectivity index (χ2v) is 3.66. The first-order valence-corrected chi connectivity index (χ1v) is 4.93. The Kier molecular flexibility index (Phi) is 2.70. The molecule has 1 heterocycles. The fourth-order valence-corrected chi connectivity index (χ4v) is 1.91. The van der Waals surface area contributed by atoms with Crippen molar-refractivity contribution in [1.82, 2.24) is 0 Å². The van der Waals surface area contributed by atoms with Crippen molar-refractivity contribution >= 4 is 5.69 Å². The Balaban J connectivity index is 2.10. The van der Waals surface area contributed by atoms with E-state index >= 15 is 0 Å². The van der Waals surface area contributed by atoms with Crippen LogP contribution in [0.5, 0.6) is 0 Å². The number of aliphatic hydroxyl groups excluding tert-OH is 2. The highest BCUT2D eigenvalue weighted by molar-refractivity contribution is 5.57. The first-order chi connectivity index (χ1) is 6.81. The van der Waals surface area contributed by atoms with E-state index in [4.69, 9.17) is 5.11 Å². The van der Waals surface area contributed by atoms with Gasteiger partial charge in [-0.2, -0.15) is 0 Å². The summed E-state index contributed by atoms with van der Waals surface area (Å²) < 4.78 is 0. The van der Waals surface area contributed by atoms with E-state index in [1.165, 1.54) is 11.3 Å². The number of rotatable bonds is 3. The quantitative estimate of drug-likeness (QED) is 0.730. The van der Waals surface area contributed by atoms with E-state index in [9.17, 15) is 5.11 Å². The fraction of sp³-hybridized carbons (Fsp3) is 0.455. The van der Waals surface area contributed by atoms with Crippen molar-refractivity contribution in [1.29, 1.82) is 0 Å². The molecule has 0 aliphatic carbocycles. The van der Waals surface area contributed by atoms with E-state index in [1.54, 1.807) is 0 Å². The zero-order valence-electron chi connectivity index (χ0n) is 8.06. The third-order valence-electron chi connectivity index (χ3n) is 2.63. The van der Waals surface area contributed by atoms with E-state index < -0.39 is 6.10 Å². The number of para-hydroxylation sites is 1. The number of hydrogen-bond acceptors (Lipinski definition) is 3. The van der Waals surface area contributed by atoms with Crippen LogP contribution < -0.4 is 4.90 Å². The van der Waals surface area contributed by atoms with Crippen LogP contribution in [0.3, 0.4) is 0 Å².